The predicted molar refractivity (Wildman–Crippen MR) is 24.8 cm³/mol. The molecule has 4 nitrogen and oxygen atoms in total. The van der Waals surface area contributed by atoms with Gasteiger partial charge in [-0.1, -0.05) is 0 Å². The minimum atomic E-state index is -5.19. The van der Waals surface area contributed by atoms with Gasteiger partial charge in [0.2, 0.25) is 0 Å². The molecule has 11 heteroatoms. The number of carboxylic acids is 2. The van der Waals surface area contributed by atoms with Gasteiger partial charge in [0, 0.05) is 0 Å². The molecule has 0 heterocycles. The summed E-state index contributed by atoms with van der Waals surface area (Å²) in [5, 5.41) is 15.9. The number of rotatable bonds is 0. The molecular weight excluding hydrogens is 334 g/mol. The van der Waals surface area contributed by atoms with E-state index in [2.05, 4.69) is 0 Å². The first-order valence-electron chi connectivity index (χ1n) is 2.47. The molecule has 94 valence electrons. The second kappa shape index (κ2) is 6.69. The summed E-state index contributed by atoms with van der Waals surface area (Å²) < 4.78 is 63.3. The number of halogens is 6. The monoisotopic (exact) mass is 334 g/mol. The van der Waals surface area contributed by atoms with E-state index in [1.165, 1.54) is 0 Å². The summed E-state index contributed by atoms with van der Waals surface area (Å²) in [5.41, 5.74) is 0. The van der Waals surface area contributed by atoms with Gasteiger partial charge >= 0.3 is 40.7 Å². The smallest absolute Gasteiger partial charge is 0.542 e. The average molecular weight is 335 g/mol. The molecule has 0 saturated carbocycles. The molecule has 0 aromatic rings. The van der Waals surface area contributed by atoms with Gasteiger partial charge in [0.1, 0.15) is 5.97 Å². The Balaban J connectivity index is -0.000000180. The average Bonchev–Trinajstić information content (AvgIpc) is 1.83. The minimum absolute atomic E-state index is 0. The third-order valence-corrected chi connectivity index (χ3v) is 0.474. The number of alkyl halides is 6. The van der Waals surface area contributed by atoms with E-state index < -0.39 is 24.3 Å². The summed E-state index contributed by atoms with van der Waals surface area (Å²) in [4.78, 5) is 17.7. The number of carboxylic acid groups (broad SMARTS) is 2. The van der Waals surface area contributed by atoms with Crippen LogP contribution >= 0.6 is 0 Å². The Kier molecular flexibility index (Phi) is 8.82. The van der Waals surface area contributed by atoms with Gasteiger partial charge in [0.05, 0.1) is 0 Å². The van der Waals surface area contributed by atoms with Crippen LogP contribution in [0.4, 0.5) is 26.3 Å². The summed E-state index contributed by atoms with van der Waals surface area (Å²) in [6.45, 7) is 0. The van der Waals surface area contributed by atoms with E-state index in [4.69, 9.17) is 19.8 Å². The second-order valence-electron chi connectivity index (χ2n) is 1.59. The molecule has 0 aliphatic carbocycles. The van der Waals surface area contributed by atoms with E-state index in [-0.39, 0.29) is 22.4 Å². The van der Waals surface area contributed by atoms with Crippen molar-refractivity contribution in [3.8, 4) is 0 Å². The van der Waals surface area contributed by atoms with Crippen molar-refractivity contribution in [3.63, 3.8) is 0 Å². The Morgan fingerprint density at radius 2 is 1.07 bits per heavy atom. The number of hydrogen-bond acceptors (Lipinski definition) is 3. The second-order valence-corrected chi connectivity index (χ2v) is 1.59. The standard InChI is InChI=1S/2C2HF3O2.Ag/c2*3-2(4,5)1(6)7;/h2*(H,6,7);/q;;+1/p-1. The molecule has 0 amide bonds. The zero-order valence-electron chi connectivity index (χ0n) is 6.24. The van der Waals surface area contributed by atoms with Crippen LogP contribution in [0, 0.1) is 0 Å². The Morgan fingerprint density at radius 3 is 1.07 bits per heavy atom. The van der Waals surface area contributed by atoms with Crippen molar-refractivity contribution in [1.82, 2.24) is 0 Å². The van der Waals surface area contributed by atoms with Crippen LogP contribution in [-0.4, -0.2) is 29.4 Å². The molecule has 0 bridgehead atoms. The predicted octanol–water partition coefficient (Wildman–Crippen LogP) is -0.0706. The molecule has 0 spiro atoms. The van der Waals surface area contributed by atoms with Gasteiger partial charge in [-0.3, -0.25) is 0 Å². The van der Waals surface area contributed by atoms with E-state index in [0.717, 1.165) is 0 Å². The Labute approximate surface area is 93.4 Å². The molecule has 0 atom stereocenters. The van der Waals surface area contributed by atoms with Gasteiger partial charge in [-0.25, -0.2) is 4.79 Å². The van der Waals surface area contributed by atoms with Crippen LogP contribution in [0.25, 0.3) is 0 Å². The quantitative estimate of drug-likeness (QED) is 0.497. The van der Waals surface area contributed by atoms with Crippen LogP contribution in [0.3, 0.4) is 0 Å². The van der Waals surface area contributed by atoms with Crippen molar-refractivity contribution in [2.45, 2.75) is 12.4 Å². The third kappa shape index (κ3) is 13.3. The molecule has 0 unspecified atom stereocenters. The zero-order valence-corrected chi connectivity index (χ0v) is 7.72. The first-order chi connectivity index (χ1) is 5.89. The number of carbonyl (C=O) groups is 2. The molecule has 1 N–H and O–H groups in total. The Morgan fingerprint density at radius 1 is 0.933 bits per heavy atom. The molecule has 0 fully saturated rings. The molecule has 0 aromatic carbocycles. The molecule has 0 aliphatic rings. The largest absolute Gasteiger partial charge is 1.00 e. The van der Waals surface area contributed by atoms with Crippen LogP contribution in [0.15, 0.2) is 0 Å². The van der Waals surface area contributed by atoms with E-state index in [0.29, 0.717) is 0 Å². The Hall–Kier alpha value is -0.740. The number of aliphatic carboxylic acids is 2. The van der Waals surface area contributed by atoms with Crippen LogP contribution in [-0.2, 0) is 32.0 Å². The van der Waals surface area contributed by atoms with Crippen LogP contribution in [0.2, 0.25) is 0 Å². The van der Waals surface area contributed by atoms with Gasteiger partial charge < -0.3 is 15.0 Å². The van der Waals surface area contributed by atoms with Gasteiger partial charge in [-0.2, -0.15) is 26.3 Å². The summed E-state index contributed by atoms with van der Waals surface area (Å²) >= 11 is 0. The van der Waals surface area contributed by atoms with Crippen molar-refractivity contribution in [2.24, 2.45) is 0 Å². The molecule has 0 rings (SSSR count). The van der Waals surface area contributed by atoms with Gasteiger partial charge in [-0.15, -0.1) is 0 Å². The first-order valence-corrected chi connectivity index (χ1v) is 2.47. The fourth-order valence-corrected chi connectivity index (χ4v) is 0. The maximum atomic E-state index is 10.6. The third-order valence-electron chi connectivity index (χ3n) is 0.474. The molecule has 0 aromatic heterocycles. The summed E-state index contributed by atoms with van der Waals surface area (Å²) in [5.74, 6) is -5.76. The van der Waals surface area contributed by atoms with Crippen LogP contribution in [0.5, 0.6) is 0 Å². The molecule has 0 radical (unpaired) electrons. The normalized spacial score (nSPS) is 10.5. The van der Waals surface area contributed by atoms with E-state index in [1.54, 1.807) is 0 Å². The fourth-order valence-electron chi connectivity index (χ4n) is 0. The van der Waals surface area contributed by atoms with E-state index in [1.807, 2.05) is 0 Å². The molecule has 15 heavy (non-hydrogen) atoms. The summed E-state index contributed by atoms with van der Waals surface area (Å²) in [6, 6.07) is 0. The molecule has 0 aliphatic heterocycles. The fraction of sp³-hybridized carbons (Fsp3) is 0.500. The van der Waals surface area contributed by atoms with E-state index >= 15 is 0 Å². The first kappa shape index (κ1) is 19.8. The van der Waals surface area contributed by atoms with Crippen molar-refractivity contribution in [3.05, 3.63) is 0 Å². The van der Waals surface area contributed by atoms with Crippen molar-refractivity contribution < 1.29 is 68.5 Å². The van der Waals surface area contributed by atoms with Crippen molar-refractivity contribution in [2.75, 3.05) is 0 Å². The summed E-state index contributed by atoms with van der Waals surface area (Å²) in [7, 11) is 0. The zero-order chi connectivity index (χ0) is 12.2. The minimum Gasteiger partial charge on any atom is -0.542 e. The van der Waals surface area contributed by atoms with Crippen molar-refractivity contribution >= 4 is 11.9 Å². The molecule has 0 saturated heterocycles. The van der Waals surface area contributed by atoms with Gasteiger partial charge in [0.25, 0.3) is 0 Å². The van der Waals surface area contributed by atoms with Crippen LogP contribution < -0.4 is 5.11 Å². The Bertz CT molecular complexity index is 196. The SMILES string of the molecule is O=C(O)C(F)(F)F.O=C([O-])C(F)(F)F.[Ag+]. The number of carbonyl (C=O) groups excluding carboxylic acids is 1. The van der Waals surface area contributed by atoms with Gasteiger partial charge in [0.15, 0.2) is 0 Å². The van der Waals surface area contributed by atoms with Crippen molar-refractivity contribution in [1.29, 1.82) is 0 Å². The van der Waals surface area contributed by atoms with E-state index in [9.17, 15) is 26.3 Å². The molecular formula is C4HAgF6O4. The van der Waals surface area contributed by atoms with Crippen LogP contribution in [0.1, 0.15) is 0 Å². The number of hydrogen-bond donors (Lipinski definition) is 1. The van der Waals surface area contributed by atoms with Gasteiger partial charge in [-0.05, 0) is 0 Å². The summed E-state index contributed by atoms with van der Waals surface area (Å²) in [6.07, 6.45) is -10.3. The topological polar surface area (TPSA) is 77.4 Å². The maximum Gasteiger partial charge on any atom is 1.00 e. The maximum absolute atomic E-state index is 10.6.